The summed E-state index contributed by atoms with van der Waals surface area (Å²) >= 11 is 0. The molecule has 1 aromatic heterocycles. The van der Waals surface area contributed by atoms with Crippen molar-refractivity contribution in [1.29, 1.82) is 0 Å². The van der Waals surface area contributed by atoms with Crippen LogP contribution < -0.4 is 0 Å². The zero-order valence-electron chi connectivity index (χ0n) is 17.1. The maximum atomic E-state index is 13.3. The van der Waals surface area contributed by atoms with E-state index in [4.69, 9.17) is 5.11 Å². The molecule has 0 unspecified atom stereocenters. The number of carboxylic acid groups (broad SMARTS) is 1. The van der Waals surface area contributed by atoms with Crippen molar-refractivity contribution in [2.24, 2.45) is 0 Å². The van der Waals surface area contributed by atoms with Gasteiger partial charge in [-0.25, -0.2) is 9.97 Å². The van der Waals surface area contributed by atoms with Crippen LogP contribution in [-0.2, 0) is 17.4 Å². The van der Waals surface area contributed by atoms with Crippen molar-refractivity contribution < 1.29 is 23.1 Å². The van der Waals surface area contributed by atoms with E-state index in [1.807, 2.05) is 48.5 Å². The number of alkyl halides is 3. The van der Waals surface area contributed by atoms with Crippen LogP contribution in [0.1, 0.15) is 23.2 Å². The van der Waals surface area contributed by atoms with Gasteiger partial charge in [0.1, 0.15) is 5.52 Å². The molecule has 1 heterocycles. The normalized spacial score (nSPS) is 11.6. The molecule has 0 fully saturated rings. The van der Waals surface area contributed by atoms with Crippen LogP contribution in [0.2, 0.25) is 0 Å². The highest BCUT2D eigenvalue weighted by Gasteiger charge is 2.33. The number of hydrogen-bond acceptors (Lipinski definition) is 3. The molecule has 32 heavy (non-hydrogen) atoms. The maximum Gasteiger partial charge on any atom is 0.418 e. The number of hydrogen-bond donors (Lipinski definition) is 1. The first kappa shape index (κ1) is 21.5. The lowest BCUT2D eigenvalue weighted by Crippen LogP contribution is -2.08. The first-order valence-corrected chi connectivity index (χ1v) is 9.98. The first-order valence-electron chi connectivity index (χ1n) is 9.98. The lowest BCUT2D eigenvalue weighted by Gasteiger charge is -2.12. The summed E-state index contributed by atoms with van der Waals surface area (Å²) < 4.78 is 39.9. The van der Waals surface area contributed by atoms with Crippen LogP contribution in [0.15, 0.2) is 66.7 Å². The van der Waals surface area contributed by atoms with Crippen LogP contribution in [0.4, 0.5) is 13.2 Å². The van der Waals surface area contributed by atoms with Gasteiger partial charge in [0.15, 0.2) is 0 Å². The van der Waals surface area contributed by atoms with E-state index in [1.165, 1.54) is 12.1 Å². The van der Waals surface area contributed by atoms with Crippen LogP contribution in [-0.4, -0.2) is 21.0 Å². The summed E-state index contributed by atoms with van der Waals surface area (Å²) in [4.78, 5) is 19.4. The number of aliphatic carboxylic acids is 1. The predicted octanol–water partition coefficient (Wildman–Crippen LogP) is 6.31. The number of aryl methyl sites for hydroxylation is 2. The van der Waals surface area contributed by atoms with Gasteiger partial charge in [-0.15, -0.1) is 0 Å². The molecule has 0 saturated carbocycles. The van der Waals surface area contributed by atoms with E-state index in [0.717, 1.165) is 28.3 Å². The van der Waals surface area contributed by atoms with Gasteiger partial charge in [0, 0.05) is 12.0 Å². The van der Waals surface area contributed by atoms with Crippen molar-refractivity contribution in [1.82, 2.24) is 9.97 Å². The smallest absolute Gasteiger partial charge is 0.418 e. The Hall–Kier alpha value is -3.74. The molecule has 0 aliphatic rings. The second-order valence-corrected chi connectivity index (χ2v) is 7.50. The van der Waals surface area contributed by atoms with Gasteiger partial charge < -0.3 is 5.11 Å². The Balaban J connectivity index is 1.63. The Morgan fingerprint density at radius 3 is 2.06 bits per heavy atom. The molecule has 7 heteroatoms. The molecule has 0 amide bonds. The van der Waals surface area contributed by atoms with Crippen molar-refractivity contribution in [3.63, 3.8) is 0 Å². The Kier molecular flexibility index (Phi) is 5.65. The zero-order valence-corrected chi connectivity index (χ0v) is 17.1. The quantitative estimate of drug-likeness (QED) is 0.398. The van der Waals surface area contributed by atoms with E-state index in [9.17, 15) is 18.0 Å². The fourth-order valence-electron chi connectivity index (χ4n) is 3.60. The van der Waals surface area contributed by atoms with Gasteiger partial charge in [-0.1, -0.05) is 54.6 Å². The second kappa shape index (κ2) is 8.42. The number of fused-ring (bicyclic) bond motifs is 1. The van der Waals surface area contributed by atoms with E-state index < -0.39 is 17.7 Å². The molecule has 4 rings (SSSR count). The summed E-state index contributed by atoms with van der Waals surface area (Å²) in [5.74, 6) is -0.827. The van der Waals surface area contributed by atoms with Gasteiger partial charge in [-0.2, -0.15) is 13.2 Å². The number of aromatic nitrogens is 2. The molecule has 1 N–H and O–H groups in total. The van der Waals surface area contributed by atoms with Crippen molar-refractivity contribution in [2.75, 3.05) is 0 Å². The molecule has 4 nitrogen and oxygen atoms in total. The summed E-state index contributed by atoms with van der Waals surface area (Å²) in [6, 6.07) is 19.1. The highest BCUT2D eigenvalue weighted by Crippen LogP contribution is 2.35. The summed E-state index contributed by atoms with van der Waals surface area (Å²) in [7, 11) is 0. The minimum atomic E-state index is -4.49. The van der Waals surface area contributed by atoms with Crippen molar-refractivity contribution in [2.45, 2.75) is 25.9 Å². The van der Waals surface area contributed by atoms with Gasteiger partial charge >= 0.3 is 12.1 Å². The Morgan fingerprint density at radius 1 is 0.875 bits per heavy atom. The lowest BCUT2D eigenvalue weighted by molar-refractivity contribution is -0.137. The minimum absolute atomic E-state index is 0.0879. The Bertz CT molecular complexity index is 1280. The van der Waals surface area contributed by atoms with Gasteiger partial charge in [0.05, 0.1) is 22.5 Å². The number of para-hydroxylation sites is 1. The molecule has 0 bridgehead atoms. The summed E-state index contributed by atoms with van der Waals surface area (Å²) in [6.45, 7) is 1.65. The van der Waals surface area contributed by atoms with Crippen molar-refractivity contribution >= 4 is 17.0 Å². The van der Waals surface area contributed by atoms with Gasteiger partial charge in [0.2, 0.25) is 0 Å². The fraction of sp³-hybridized carbons (Fsp3) is 0.160. The molecule has 0 spiro atoms. The average Bonchev–Trinajstić information content (AvgIpc) is 2.76. The second-order valence-electron chi connectivity index (χ2n) is 7.50. The lowest BCUT2D eigenvalue weighted by atomic mass is 10.00. The average molecular weight is 436 g/mol. The molecular formula is C25H19F3N2O2. The largest absolute Gasteiger partial charge is 0.481 e. The molecule has 0 atom stereocenters. The van der Waals surface area contributed by atoms with Gasteiger partial charge in [-0.05, 0) is 42.2 Å². The fourth-order valence-corrected chi connectivity index (χ4v) is 3.60. The molecule has 4 aromatic rings. The predicted molar refractivity (Wildman–Crippen MR) is 116 cm³/mol. The topological polar surface area (TPSA) is 63.1 Å². The number of halogens is 3. The summed E-state index contributed by atoms with van der Waals surface area (Å²) in [5.41, 5.74) is 3.86. The van der Waals surface area contributed by atoms with E-state index in [1.54, 1.807) is 6.92 Å². The number of rotatable bonds is 5. The van der Waals surface area contributed by atoms with Crippen LogP contribution in [0, 0.1) is 6.92 Å². The summed E-state index contributed by atoms with van der Waals surface area (Å²) in [5, 5.41) is 8.79. The highest BCUT2D eigenvalue weighted by molar-refractivity contribution is 5.82. The van der Waals surface area contributed by atoms with Crippen LogP contribution >= 0.6 is 0 Å². The molecule has 3 aromatic carbocycles. The molecule has 0 aliphatic heterocycles. The number of benzene rings is 3. The van der Waals surface area contributed by atoms with Crippen molar-refractivity contribution in [3.05, 3.63) is 83.6 Å². The standard InChI is InChI=1S/C25H19F3N2O2/c1-15-23(30-21-4-2-3-20(24(21)29-15)25(26,27)28)19-12-10-18(11-13-19)17-8-5-16(6-9-17)7-14-22(31)32/h2-6,8-13H,7,14H2,1H3,(H,31,32). The van der Waals surface area contributed by atoms with Gasteiger partial charge in [0.25, 0.3) is 0 Å². The number of carboxylic acids is 1. The van der Waals surface area contributed by atoms with E-state index in [2.05, 4.69) is 9.97 Å². The van der Waals surface area contributed by atoms with Crippen LogP contribution in [0.25, 0.3) is 33.4 Å². The van der Waals surface area contributed by atoms with Crippen molar-refractivity contribution in [3.8, 4) is 22.4 Å². The zero-order chi connectivity index (χ0) is 22.9. The molecule has 0 radical (unpaired) electrons. The van der Waals surface area contributed by atoms with E-state index >= 15 is 0 Å². The van der Waals surface area contributed by atoms with E-state index in [-0.39, 0.29) is 17.5 Å². The monoisotopic (exact) mass is 436 g/mol. The Morgan fingerprint density at radius 2 is 1.47 bits per heavy atom. The van der Waals surface area contributed by atoms with Gasteiger partial charge in [-0.3, -0.25) is 4.79 Å². The SMILES string of the molecule is Cc1nc2c(C(F)(F)F)cccc2nc1-c1ccc(-c2ccc(CCC(=O)O)cc2)cc1. The van der Waals surface area contributed by atoms with E-state index in [0.29, 0.717) is 17.8 Å². The third kappa shape index (κ3) is 4.46. The number of nitrogens with zero attached hydrogens (tertiary/aromatic N) is 2. The van der Waals surface area contributed by atoms with Crippen LogP contribution in [0.3, 0.4) is 0 Å². The third-order valence-electron chi connectivity index (χ3n) is 5.25. The number of carbonyl (C=O) groups is 1. The first-order chi connectivity index (χ1) is 15.2. The molecular weight excluding hydrogens is 417 g/mol. The third-order valence-corrected chi connectivity index (χ3v) is 5.25. The maximum absolute atomic E-state index is 13.3. The Labute approximate surface area is 182 Å². The highest BCUT2D eigenvalue weighted by atomic mass is 19.4. The molecule has 0 aliphatic carbocycles. The van der Waals surface area contributed by atoms with Crippen LogP contribution in [0.5, 0.6) is 0 Å². The molecule has 162 valence electrons. The minimum Gasteiger partial charge on any atom is -0.481 e. The summed E-state index contributed by atoms with van der Waals surface area (Å²) in [6.07, 6.45) is -3.93. The molecule has 0 saturated heterocycles.